The number of fused-ring (bicyclic) bond motifs is 2. The summed E-state index contributed by atoms with van der Waals surface area (Å²) >= 11 is 0. The van der Waals surface area contributed by atoms with E-state index >= 15 is 0 Å². The van der Waals surface area contributed by atoms with Crippen molar-refractivity contribution in [3.63, 3.8) is 0 Å². The number of nitrogens with one attached hydrogen (secondary N) is 1. The van der Waals surface area contributed by atoms with E-state index in [0.717, 1.165) is 18.9 Å². The molecule has 1 aromatic carbocycles. The highest BCUT2D eigenvalue weighted by atomic mass is 19.2. The third-order valence-electron chi connectivity index (χ3n) is 4.41. The van der Waals surface area contributed by atoms with E-state index < -0.39 is 11.6 Å². The Morgan fingerprint density at radius 1 is 1.17 bits per heavy atom. The van der Waals surface area contributed by atoms with Gasteiger partial charge in [-0.05, 0) is 44.9 Å². The minimum atomic E-state index is -0.782. The van der Waals surface area contributed by atoms with Gasteiger partial charge in [-0.25, -0.2) is 8.78 Å². The number of anilines is 1. The van der Waals surface area contributed by atoms with Crippen LogP contribution in [0, 0.1) is 11.6 Å². The number of hydrogen-bond donors (Lipinski definition) is 1. The fraction of sp³-hybridized carbons (Fsp3) is 0.571. The van der Waals surface area contributed by atoms with E-state index in [2.05, 4.69) is 17.3 Å². The second-order valence-corrected chi connectivity index (χ2v) is 5.46. The molecule has 1 aromatic rings. The molecule has 2 atom stereocenters. The van der Waals surface area contributed by atoms with Crippen LogP contribution in [0.4, 0.5) is 14.5 Å². The molecule has 98 valence electrons. The Morgan fingerprint density at radius 2 is 1.83 bits per heavy atom. The summed E-state index contributed by atoms with van der Waals surface area (Å²) in [4.78, 5) is 2.43. The molecule has 2 bridgehead atoms. The average Bonchev–Trinajstić information content (AvgIpc) is 2.59. The van der Waals surface area contributed by atoms with Crippen molar-refractivity contribution in [3.8, 4) is 0 Å². The molecule has 0 spiro atoms. The maximum Gasteiger partial charge on any atom is 0.181 e. The molecule has 2 aliphatic heterocycles. The molecule has 0 aromatic heterocycles. The molecule has 0 amide bonds. The van der Waals surface area contributed by atoms with Gasteiger partial charge in [0, 0.05) is 18.1 Å². The van der Waals surface area contributed by atoms with Gasteiger partial charge in [0.05, 0.1) is 5.69 Å². The van der Waals surface area contributed by atoms with Crippen LogP contribution in [0.15, 0.2) is 18.2 Å². The number of hydrogen-bond acceptors (Lipinski definition) is 2. The Bertz CT molecular complexity index is 435. The third kappa shape index (κ3) is 1.99. The molecule has 2 unspecified atom stereocenters. The number of benzene rings is 1. The van der Waals surface area contributed by atoms with Gasteiger partial charge in [0.15, 0.2) is 11.6 Å². The minimum Gasteiger partial charge on any atom is -0.380 e. The van der Waals surface area contributed by atoms with E-state index in [4.69, 9.17) is 0 Å². The lowest BCUT2D eigenvalue weighted by atomic mass is 9.97. The summed E-state index contributed by atoms with van der Waals surface area (Å²) in [6.45, 7) is 0. The number of piperidine rings is 1. The quantitative estimate of drug-likeness (QED) is 0.870. The molecule has 2 saturated heterocycles. The Hall–Kier alpha value is -1.16. The monoisotopic (exact) mass is 252 g/mol. The molecule has 0 radical (unpaired) electrons. The average molecular weight is 252 g/mol. The van der Waals surface area contributed by atoms with Crippen LogP contribution in [-0.2, 0) is 0 Å². The van der Waals surface area contributed by atoms with E-state index in [-0.39, 0.29) is 6.04 Å². The van der Waals surface area contributed by atoms with Gasteiger partial charge in [-0.3, -0.25) is 0 Å². The van der Waals surface area contributed by atoms with Crippen LogP contribution in [0.25, 0.3) is 0 Å². The van der Waals surface area contributed by atoms with Crippen LogP contribution in [0.5, 0.6) is 0 Å². The van der Waals surface area contributed by atoms with Crippen LogP contribution < -0.4 is 5.32 Å². The Labute approximate surface area is 106 Å². The van der Waals surface area contributed by atoms with Gasteiger partial charge in [-0.2, -0.15) is 0 Å². The van der Waals surface area contributed by atoms with Crippen molar-refractivity contribution >= 4 is 5.69 Å². The van der Waals surface area contributed by atoms with Crippen LogP contribution in [0.3, 0.4) is 0 Å². The van der Waals surface area contributed by atoms with Gasteiger partial charge < -0.3 is 10.2 Å². The van der Waals surface area contributed by atoms with Crippen molar-refractivity contribution in [2.75, 3.05) is 12.4 Å². The lowest BCUT2D eigenvalue weighted by molar-refractivity contribution is 0.168. The Morgan fingerprint density at radius 3 is 2.50 bits per heavy atom. The molecule has 0 aliphatic carbocycles. The summed E-state index contributed by atoms with van der Waals surface area (Å²) < 4.78 is 26.7. The maximum absolute atomic E-state index is 13.6. The van der Waals surface area contributed by atoms with E-state index in [1.165, 1.54) is 12.8 Å². The predicted molar refractivity (Wildman–Crippen MR) is 67.6 cm³/mol. The topological polar surface area (TPSA) is 15.3 Å². The van der Waals surface area contributed by atoms with Crippen molar-refractivity contribution in [1.29, 1.82) is 0 Å². The smallest absolute Gasteiger partial charge is 0.181 e. The summed E-state index contributed by atoms with van der Waals surface area (Å²) in [5.74, 6) is -1.54. The highest BCUT2D eigenvalue weighted by molar-refractivity contribution is 5.46. The zero-order chi connectivity index (χ0) is 12.7. The van der Waals surface area contributed by atoms with E-state index in [0.29, 0.717) is 17.8 Å². The van der Waals surface area contributed by atoms with Gasteiger partial charge in [-0.1, -0.05) is 6.07 Å². The molecule has 0 saturated carbocycles. The van der Waals surface area contributed by atoms with E-state index in [1.54, 1.807) is 12.1 Å². The molecule has 2 aliphatic rings. The summed E-state index contributed by atoms with van der Waals surface area (Å²) in [7, 11) is 2.17. The third-order valence-corrected chi connectivity index (χ3v) is 4.41. The summed E-state index contributed by atoms with van der Waals surface area (Å²) in [6, 6.07) is 5.76. The molecular formula is C14H18F2N2. The Kier molecular flexibility index (Phi) is 2.98. The van der Waals surface area contributed by atoms with Crippen LogP contribution in [0.2, 0.25) is 0 Å². The summed E-state index contributed by atoms with van der Waals surface area (Å²) in [5.41, 5.74) is 0.295. The van der Waals surface area contributed by atoms with E-state index in [9.17, 15) is 8.78 Å². The standard InChI is InChI=1S/C14H18F2N2/c1-18-10-5-6-11(18)8-9(7-10)17-13-4-2-3-12(15)14(13)16/h2-4,9-11,17H,5-8H2,1H3. The molecule has 2 heterocycles. The molecule has 1 N–H and O–H groups in total. The van der Waals surface area contributed by atoms with Crippen molar-refractivity contribution in [2.45, 2.75) is 43.8 Å². The molecule has 4 heteroatoms. The second kappa shape index (κ2) is 4.50. The lowest BCUT2D eigenvalue weighted by Crippen LogP contribution is -2.44. The normalized spacial score (nSPS) is 31.6. The number of halogens is 2. The van der Waals surface area contributed by atoms with Gasteiger partial charge >= 0.3 is 0 Å². The van der Waals surface area contributed by atoms with E-state index in [1.807, 2.05) is 0 Å². The first-order valence-corrected chi connectivity index (χ1v) is 6.57. The highest BCUT2D eigenvalue weighted by Crippen LogP contribution is 2.35. The summed E-state index contributed by atoms with van der Waals surface area (Å²) in [5, 5.41) is 3.17. The fourth-order valence-electron chi connectivity index (χ4n) is 3.36. The molecular weight excluding hydrogens is 234 g/mol. The first-order valence-electron chi connectivity index (χ1n) is 6.57. The molecule has 18 heavy (non-hydrogen) atoms. The van der Waals surface area contributed by atoms with Crippen molar-refractivity contribution < 1.29 is 8.78 Å². The Balaban J connectivity index is 1.72. The zero-order valence-electron chi connectivity index (χ0n) is 10.5. The summed E-state index contributed by atoms with van der Waals surface area (Å²) in [6.07, 6.45) is 4.49. The first kappa shape index (κ1) is 11.9. The first-order chi connectivity index (χ1) is 8.65. The van der Waals surface area contributed by atoms with Crippen molar-refractivity contribution in [1.82, 2.24) is 4.90 Å². The van der Waals surface area contributed by atoms with Crippen molar-refractivity contribution in [2.24, 2.45) is 0 Å². The lowest BCUT2D eigenvalue weighted by Gasteiger charge is -2.37. The highest BCUT2D eigenvalue weighted by Gasteiger charge is 2.38. The minimum absolute atomic E-state index is 0.259. The van der Waals surface area contributed by atoms with Crippen LogP contribution in [-0.4, -0.2) is 30.1 Å². The molecule has 2 nitrogen and oxygen atoms in total. The largest absolute Gasteiger partial charge is 0.380 e. The second-order valence-electron chi connectivity index (χ2n) is 5.46. The van der Waals surface area contributed by atoms with Gasteiger partial charge in [0.25, 0.3) is 0 Å². The fourth-order valence-corrected chi connectivity index (χ4v) is 3.36. The van der Waals surface area contributed by atoms with Gasteiger partial charge in [-0.15, -0.1) is 0 Å². The van der Waals surface area contributed by atoms with Gasteiger partial charge in [0.2, 0.25) is 0 Å². The van der Waals surface area contributed by atoms with Gasteiger partial charge in [0.1, 0.15) is 0 Å². The number of rotatable bonds is 2. The van der Waals surface area contributed by atoms with Crippen LogP contribution in [0.1, 0.15) is 25.7 Å². The predicted octanol–water partition coefficient (Wildman–Crippen LogP) is 3.00. The SMILES string of the molecule is CN1C2CCC1CC(Nc1cccc(F)c1F)C2. The van der Waals surface area contributed by atoms with Crippen LogP contribution >= 0.6 is 0 Å². The molecule has 2 fully saturated rings. The van der Waals surface area contributed by atoms with Crippen molar-refractivity contribution in [3.05, 3.63) is 29.8 Å². The molecule has 3 rings (SSSR count). The maximum atomic E-state index is 13.6. The number of nitrogens with zero attached hydrogens (tertiary/aromatic N) is 1. The zero-order valence-corrected chi connectivity index (χ0v) is 10.5.